The van der Waals surface area contributed by atoms with E-state index in [4.69, 9.17) is 11.6 Å². The van der Waals surface area contributed by atoms with E-state index in [1.807, 2.05) is 36.1 Å². The molecule has 6 nitrogen and oxygen atoms in total. The van der Waals surface area contributed by atoms with Crippen molar-refractivity contribution in [3.8, 4) is 0 Å². The molecule has 2 fully saturated rings. The minimum atomic E-state index is -0.433. The van der Waals surface area contributed by atoms with Gasteiger partial charge in [-0.15, -0.1) is 5.10 Å². The molecular weight excluding hydrogens is 420 g/mol. The lowest BCUT2D eigenvalue weighted by Gasteiger charge is -2.33. The fourth-order valence-electron chi connectivity index (χ4n) is 4.71. The van der Waals surface area contributed by atoms with E-state index in [-0.39, 0.29) is 11.8 Å². The van der Waals surface area contributed by atoms with Gasteiger partial charge in [0.25, 0.3) is 5.91 Å². The van der Waals surface area contributed by atoms with Gasteiger partial charge in [0.05, 0.1) is 11.1 Å². The van der Waals surface area contributed by atoms with Gasteiger partial charge < -0.3 is 10.2 Å². The number of rotatable bonds is 5. The molecule has 160 valence electrons. The van der Waals surface area contributed by atoms with Crippen molar-refractivity contribution >= 4 is 34.9 Å². The molecule has 2 aromatic rings. The third kappa shape index (κ3) is 4.23. The third-order valence-corrected chi connectivity index (χ3v) is 7.66. The number of benzene rings is 1. The topological polar surface area (TPSA) is 75.2 Å². The van der Waals surface area contributed by atoms with Crippen LogP contribution in [0.1, 0.15) is 59.5 Å². The Morgan fingerprint density at radius 3 is 2.47 bits per heavy atom. The molecule has 0 atom stereocenters. The number of hydrogen-bond donors (Lipinski definition) is 1. The summed E-state index contributed by atoms with van der Waals surface area (Å²) < 4.78 is 3.86. The number of aryl methyl sites for hydroxylation is 1. The van der Waals surface area contributed by atoms with E-state index >= 15 is 0 Å². The summed E-state index contributed by atoms with van der Waals surface area (Å²) in [5.74, 6) is 0.548. The van der Waals surface area contributed by atoms with Crippen molar-refractivity contribution < 1.29 is 9.59 Å². The van der Waals surface area contributed by atoms with Crippen LogP contribution in [-0.2, 0) is 10.2 Å². The van der Waals surface area contributed by atoms with Gasteiger partial charge in [-0.2, -0.15) is 0 Å². The minimum Gasteiger partial charge on any atom is -0.355 e. The molecule has 2 heterocycles. The van der Waals surface area contributed by atoms with Crippen LogP contribution in [0.25, 0.3) is 0 Å². The number of likely N-dealkylation sites (tertiary alicyclic amines) is 1. The van der Waals surface area contributed by atoms with Crippen molar-refractivity contribution in [3.05, 3.63) is 45.4 Å². The van der Waals surface area contributed by atoms with Crippen molar-refractivity contribution in [2.45, 2.75) is 50.9 Å². The van der Waals surface area contributed by atoms with Crippen LogP contribution >= 0.6 is 23.1 Å². The second kappa shape index (κ2) is 9.02. The van der Waals surface area contributed by atoms with Crippen molar-refractivity contribution in [2.24, 2.45) is 5.92 Å². The van der Waals surface area contributed by atoms with Gasteiger partial charge in [-0.3, -0.25) is 9.59 Å². The van der Waals surface area contributed by atoms with E-state index in [9.17, 15) is 9.59 Å². The Hall–Kier alpha value is -1.99. The van der Waals surface area contributed by atoms with Crippen LogP contribution in [0, 0.1) is 12.8 Å². The number of piperidine rings is 1. The van der Waals surface area contributed by atoms with Gasteiger partial charge >= 0.3 is 0 Å². The first kappa shape index (κ1) is 21.2. The number of carbonyl (C=O) groups is 2. The number of aromatic nitrogens is 2. The maximum Gasteiger partial charge on any atom is 0.267 e. The zero-order chi connectivity index (χ0) is 21.1. The number of nitrogens with zero attached hydrogens (tertiary/aromatic N) is 3. The second-order valence-electron chi connectivity index (χ2n) is 8.43. The highest BCUT2D eigenvalue weighted by Crippen LogP contribution is 2.41. The molecule has 0 unspecified atom stereocenters. The smallest absolute Gasteiger partial charge is 0.267 e. The van der Waals surface area contributed by atoms with Crippen LogP contribution in [0.5, 0.6) is 0 Å². The summed E-state index contributed by atoms with van der Waals surface area (Å²) in [7, 11) is 0. The lowest BCUT2D eigenvalue weighted by atomic mass is 9.78. The fourth-order valence-corrected chi connectivity index (χ4v) is 5.46. The van der Waals surface area contributed by atoms with Gasteiger partial charge in [0, 0.05) is 24.7 Å². The molecule has 30 heavy (non-hydrogen) atoms. The molecular formula is C22H27ClN4O2S. The highest BCUT2D eigenvalue weighted by atomic mass is 35.5. The molecule has 1 aliphatic heterocycles. The summed E-state index contributed by atoms with van der Waals surface area (Å²) in [5, 5.41) is 7.86. The van der Waals surface area contributed by atoms with Crippen LogP contribution in [0.4, 0.5) is 0 Å². The molecule has 1 aliphatic carbocycles. The van der Waals surface area contributed by atoms with E-state index < -0.39 is 5.41 Å². The van der Waals surface area contributed by atoms with Crippen molar-refractivity contribution in [3.63, 3.8) is 0 Å². The average molecular weight is 447 g/mol. The second-order valence-corrected chi connectivity index (χ2v) is 9.62. The number of nitrogens with one attached hydrogen (secondary N) is 1. The molecule has 1 saturated carbocycles. The van der Waals surface area contributed by atoms with Crippen LogP contribution in [0.3, 0.4) is 0 Å². The Labute approximate surface area is 186 Å². The largest absolute Gasteiger partial charge is 0.355 e. The van der Waals surface area contributed by atoms with E-state index in [1.54, 1.807) is 0 Å². The van der Waals surface area contributed by atoms with Crippen LogP contribution < -0.4 is 5.32 Å². The molecule has 1 aromatic carbocycles. The number of amides is 2. The fraction of sp³-hybridized carbons (Fsp3) is 0.545. The zero-order valence-electron chi connectivity index (χ0n) is 17.2. The van der Waals surface area contributed by atoms with Crippen LogP contribution in [-0.4, -0.2) is 45.9 Å². The Morgan fingerprint density at radius 1 is 1.20 bits per heavy atom. The van der Waals surface area contributed by atoms with Crippen molar-refractivity contribution in [1.29, 1.82) is 0 Å². The van der Waals surface area contributed by atoms with Gasteiger partial charge in [0.1, 0.15) is 4.88 Å². The monoisotopic (exact) mass is 446 g/mol. The molecule has 1 N–H and O–H groups in total. The number of carbonyl (C=O) groups excluding carboxylic acids is 2. The molecule has 0 bridgehead atoms. The zero-order valence-corrected chi connectivity index (χ0v) is 18.8. The van der Waals surface area contributed by atoms with Gasteiger partial charge in [-0.25, -0.2) is 0 Å². The Bertz CT molecular complexity index is 900. The summed E-state index contributed by atoms with van der Waals surface area (Å²) in [6.45, 7) is 3.90. The van der Waals surface area contributed by atoms with E-state index in [2.05, 4.69) is 14.9 Å². The van der Waals surface area contributed by atoms with E-state index in [1.165, 1.54) is 0 Å². The number of halogens is 1. The molecule has 0 spiro atoms. The Kier molecular flexibility index (Phi) is 6.39. The summed E-state index contributed by atoms with van der Waals surface area (Å²) in [6, 6.07) is 7.73. The number of hydrogen-bond acceptors (Lipinski definition) is 5. The summed E-state index contributed by atoms with van der Waals surface area (Å²) in [4.78, 5) is 28.4. The van der Waals surface area contributed by atoms with Gasteiger partial charge in [0.2, 0.25) is 5.91 Å². The van der Waals surface area contributed by atoms with Crippen LogP contribution in [0.15, 0.2) is 24.3 Å². The molecule has 2 amide bonds. The van der Waals surface area contributed by atoms with Crippen molar-refractivity contribution in [1.82, 2.24) is 19.8 Å². The highest BCUT2D eigenvalue weighted by Gasteiger charge is 2.42. The minimum absolute atomic E-state index is 0.0256. The summed E-state index contributed by atoms with van der Waals surface area (Å²) >= 11 is 7.21. The Balaban J connectivity index is 1.32. The quantitative estimate of drug-likeness (QED) is 0.753. The standard InChI is InChI=1S/C22H27ClN4O2S/c1-15-19(30-26-25-15)20(28)27-12-8-16(9-13-27)14-24-21(29)22(10-2-3-11-22)17-4-6-18(23)7-5-17/h4-7,16H,2-3,8-14H2,1H3,(H,24,29). The first-order chi connectivity index (χ1) is 14.5. The summed E-state index contributed by atoms with van der Waals surface area (Å²) in [6.07, 6.45) is 5.70. The van der Waals surface area contributed by atoms with E-state index in [0.29, 0.717) is 41.1 Å². The predicted molar refractivity (Wildman–Crippen MR) is 118 cm³/mol. The Morgan fingerprint density at radius 2 is 1.87 bits per heavy atom. The maximum absolute atomic E-state index is 13.2. The lowest BCUT2D eigenvalue weighted by Crippen LogP contribution is -2.46. The molecule has 0 radical (unpaired) electrons. The first-order valence-electron chi connectivity index (χ1n) is 10.6. The first-order valence-corrected chi connectivity index (χ1v) is 11.8. The van der Waals surface area contributed by atoms with Gasteiger partial charge in [-0.1, -0.05) is 41.1 Å². The third-order valence-electron chi connectivity index (χ3n) is 6.59. The highest BCUT2D eigenvalue weighted by molar-refractivity contribution is 7.07. The molecule has 8 heteroatoms. The maximum atomic E-state index is 13.2. The normalized spacial score (nSPS) is 19.1. The molecule has 1 saturated heterocycles. The SMILES string of the molecule is Cc1nnsc1C(=O)N1CCC(CNC(=O)C2(c3ccc(Cl)cc3)CCCC2)CC1. The van der Waals surface area contributed by atoms with Crippen LogP contribution in [0.2, 0.25) is 5.02 Å². The molecule has 2 aliphatic rings. The van der Waals surface area contributed by atoms with E-state index in [0.717, 1.165) is 55.6 Å². The van der Waals surface area contributed by atoms with Gasteiger partial charge in [0.15, 0.2) is 0 Å². The van der Waals surface area contributed by atoms with Gasteiger partial charge in [-0.05, 0) is 67.8 Å². The molecule has 4 rings (SSSR count). The lowest BCUT2D eigenvalue weighted by molar-refractivity contribution is -0.126. The summed E-state index contributed by atoms with van der Waals surface area (Å²) in [5.41, 5.74) is 1.33. The molecule has 1 aromatic heterocycles. The average Bonchev–Trinajstić information content (AvgIpc) is 3.42. The van der Waals surface area contributed by atoms with Crippen molar-refractivity contribution in [2.75, 3.05) is 19.6 Å². The predicted octanol–water partition coefficient (Wildman–Crippen LogP) is 3.98.